The fourth-order valence-electron chi connectivity index (χ4n) is 2.76. The quantitative estimate of drug-likeness (QED) is 0.750. The molecule has 2 aromatic carbocycles. The summed E-state index contributed by atoms with van der Waals surface area (Å²) in [6, 6.07) is 14.2. The zero-order valence-electron chi connectivity index (χ0n) is 13.7. The summed E-state index contributed by atoms with van der Waals surface area (Å²) < 4.78 is 27.6. The molecule has 25 heavy (non-hydrogen) atoms. The number of hydrogen-bond donors (Lipinski definition) is 2. The second-order valence-corrected chi connectivity index (χ2v) is 8.69. The molecule has 1 aliphatic carbocycles. The first kappa shape index (κ1) is 18.1. The molecule has 2 atom stereocenters. The number of benzene rings is 2. The van der Waals surface area contributed by atoms with Crippen LogP contribution in [0.15, 0.2) is 57.9 Å². The van der Waals surface area contributed by atoms with Gasteiger partial charge in [-0.25, -0.2) is 13.1 Å². The molecule has 0 aromatic heterocycles. The van der Waals surface area contributed by atoms with E-state index in [-0.39, 0.29) is 16.8 Å². The van der Waals surface area contributed by atoms with E-state index in [0.717, 1.165) is 10.9 Å². The number of rotatable bonds is 6. The smallest absolute Gasteiger partial charge is 0.251 e. The molecule has 2 N–H and O–H groups in total. The standard InChI is InChI=1S/C18H19BrN2O3S/c1-2-20-25(23,24)15-5-3-4-13(10-15)18(22)21-17-11-16(17)12-6-8-14(19)9-7-12/h3-10,16-17,20H,2,11H2,1H3,(H,21,22)/t16-,17+/m0/s1. The van der Waals surface area contributed by atoms with Gasteiger partial charge in [-0.2, -0.15) is 0 Å². The summed E-state index contributed by atoms with van der Waals surface area (Å²) in [5, 5.41) is 2.98. The van der Waals surface area contributed by atoms with Crippen molar-refractivity contribution < 1.29 is 13.2 Å². The molecule has 7 heteroatoms. The lowest BCUT2D eigenvalue weighted by Gasteiger charge is -2.08. The Bertz CT molecular complexity index is 881. The Balaban J connectivity index is 1.68. The Morgan fingerprint density at radius 1 is 1.20 bits per heavy atom. The van der Waals surface area contributed by atoms with E-state index in [9.17, 15) is 13.2 Å². The molecule has 0 saturated heterocycles. The second-order valence-electron chi connectivity index (χ2n) is 6.00. The molecule has 3 rings (SSSR count). The van der Waals surface area contributed by atoms with E-state index in [2.05, 4.69) is 26.0 Å². The molecule has 1 saturated carbocycles. The third-order valence-electron chi connectivity index (χ3n) is 4.15. The van der Waals surface area contributed by atoms with Gasteiger partial charge >= 0.3 is 0 Å². The normalized spacial score (nSPS) is 19.4. The Hall–Kier alpha value is -1.70. The summed E-state index contributed by atoms with van der Waals surface area (Å²) >= 11 is 3.41. The van der Waals surface area contributed by atoms with Crippen LogP contribution in [0.3, 0.4) is 0 Å². The Morgan fingerprint density at radius 3 is 2.60 bits per heavy atom. The van der Waals surface area contributed by atoms with Crippen molar-refractivity contribution in [3.8, 4) is 0 Å². The van der Waals surface area contributed by atoms with Gasteiger partial charge in [-0.15, -0.1) is 0 Å². The van der Waals surface area contributed by atoms with Crippen molar-refractivity contribution in [2.75, 3.05) is 6.54 Å². The van der Waals surface area contributed by atoms with Gasteiger partial charge in [-0.1, -0.05) is 41.1 Å². The lowest BCUT2D eigenvalue weighted by molar-refractivity contribution is 0.0950. The van der Waals surface area contributed by atoms with E-state index in [1.165, 1.54) is 17.7 Å². The van der Waals surface area contributed by atoms with E-state index >= 15 is 0 Å². The van der Waals surface area contributed by atoms with Crippen molar-refractivity contribution in [1.82, 2.24) is 10.0 Å². The van der Waals surface area contributed by atoms with Gasteiger partial charge in [0.2, 0.25) is 10.0 Å². The van der Waals surface area contributed by atoms with Gasteiger partial charge in [0.05, 0.1) is 4.90 Å². The molecule has 2 aromatic rings. The molecule has 0 bridgehead atoms. The van der Waals surface area contributed by atoms with E-state index < -0.39 is 10.0 Å². The number of sulfonamides is 1. The van der Waals surface area contributed by atoms with Crippen LogP contribution in [0.5, 0.6) is 0 Å². The minimum Gasteiger partial charge on any atom is -0.349 e. The lowest BCUT2D eigenvalue weighted by Crippen LogP contribution is -2.27. The van der Waals surface area contributed by atoms with Crippen molar-refractivity contribution in [3.63, 3.8) is 0 Å². The van der Waals surface area contributed by atoms with Crippen molar-refractivity contribution in [3.05, 3.63) is 64.1 Å². The third-order valence-corrected chi connectivity index (χ3v) is 6.22. The van der Waals surface area contributed by atoms with Gasteiger partial charge in [-0.3, -0.25) is 4.79 Å². The van der Waals surface area contributed by atoms with Crippen LogP contribution in [0, 0.1) is 0 Å². The number of halogens is 1. The fraction of sp³-hybridized carbons (Fsp3) is 0.278. The van der Waals surface area contributed by atoms with Crippen LogP contribution in [-0.2, 0) is 10.0 Å². The second kappa shape index (κ2) is 7.27. The van der Waals surface area contributed by atoms with Crippen molar-refractivity contribution in [1.29, 1.82) is 0 Å². The number of nitrogens with one attached hydrogen (secondary N) is 2. The molecule has 0 heterocycles. The minimum absolute atomic E-state index is 0.0858. The fourth-order valence-corrected chi connectivity index (χ4v) is 4.11. The minimum atomic E-state index is -3.57. The molecular formula is C18H19BrN2O3S. The maximum absolute atomic E-state index is 12.4. The topological polar surface area (TPSA) is 75.3 Å². The van der Waals surface area contributed by atoms with E-state index in [0.29, 0.717) is 18.0 Å². The van der Waals surface area contributed by atoms with Crippen molar-refractivity contribution in [2.24, 2.45) is 0 Å². The molecule has 0 aliphatic heterocycles. The van der Waals surface area contributed by atoms with Crippen LogP contribution in [-0.4, -0.2) is 26.9 Å². The van der Waals surface area contributed by atoms with Crippen LogP contribution < -0.4 is 10.0 Å². The third kappa shape index (κ3) is 4.29. The molecule has 1 fully saturated rings. The highest BCUT2D eigenvalue weighted by atomic mass is 79.9. The van der Waals surface area contributed by atoms with E-state index in [1.54, 1.807) is 19.1 Å². The van der Waals surface area contributed by atoms with Gasteiger partial charge in [0.15, 0.2) is 0 Å². The first-order chi connectivity index (χ1) is 11.9. The summed E-state index contributed by atoms with van der Waals surface area (Å²) in [6.07, 6.45) is 0.892. The highest BCUT2D eigenvalue weighted by molar-refractivity contribution is 9.10. The van der Waals surface area contributed by atoms with Gasteiger partial charge < -0.3 is 5.32 Å². The van der Waals surface area contributed by atoms with Crippen molar-refractivity contribution in [2.45, 2.75) is 30.2 Å². The Morgan fingerprint density at radius 2 is 1.92 bits per heavy atom. The predicted octanol–water partition coefficient (Wildman–Crippen LogP) is 3.03. The highest BCUT2D eigenvalue weighted by Crippen LogP contribution is 2.41. The summed E-state index contributed by atoms with van der Waals surface area (Å²) in [7, 11) is -3.57. The first-order valence-corrected chi connectivity index (χ1v) is 10.3. The lowest BCUT2D eigenvalue weighted by atomic mass is 10.1. The Kier molecular flexibility index (Phi) is 5.27. The highest BCUT2D eigenvalue weighted by Gasteiger charge is 2.39. The van der Waals surface area contributed by atoms with E-state index in [1.807, 2.05) is 24.3 Å². The summed E-state index contributed by atoms with van der Waals surface area (Å²) in [5.41, 5.74) is 1.54. The van der Waals surface area contributed by atoms with E-state index in [4.69, 9.17) is 0 Å². The summed E-state index contributed by atoms with van der Waals surface area (Å²) in [5.74, 6) is 0.0592. The molecule has 132 valence electrons. The van der Waals surface area contributed by atoms with Crippen molar-refractivity contribution >= 4 is 31.9 Å². The monoisotopic (exact) mass is 422 g/mol. The number of carbonyl (C=O) groups excluding carboxylic acids is 1. The average Bonchev–Trinajstić information content (AvgIpc) is 3.34. The molecular weight excluding hydrogens is 404 g/mol. The molecule has 1 amide bonds. The van der Waals surface area contributed by atoms with Gasteiger partial charge in [0, 0.05) is 28.5 Å². The zero-order chi connectivity index (χ0) is 18.0. The molecule has 5 nitrogen and oxygen atoms in total. The van der Waals surface area contributed by atoms with Gasteiger partial charge in [0.1, 0.15) is 0 Å². The van der Waals surface area contributed by atoms with Crippen LogP contribution in [0.1, 0.15) is 35.2 Å². The van der Waals surface area contributed by atoms with Crippen LogP contribution in [0.4, 0.5) is 0 Å². The molecule has 0 radical (unpaired) electrons. The molecule has 0 spiro atoms. The van der Waals surface area contributed by atoms with Gasteiger partial charge in [0.25, 0.3) is 5.91 Å². The van der Waals surface area contributed by atoms with Crippen LogP contribution in [0.2, 0.25) is 0 Å². The predicted molar refractivity (Wildman–Crippen MR) is 100 cm³/mol. The number of carbonyl (C=O) groups is 1. The number of amides is 1. The summed E-state index contributed by atoms with van der Waals surface area (Å²) in [6.45, 7) is 2.01. The maximum atomic E-state index is 12.4. The molecule has 0 unspecified atom stereocenters. The SMILES string of the molecule is CCNS(=O)(=O)c1cccc(C(=O)N[C@@H]2C[C@H]2c2ccc(Br)cc2)c1. The maximum Gasteiger partial charge on any atom is 0.251 e. The molecule has 1 aliphatic rings. The number of hydrogen-bond acceptors (Lipinski definition) is 3. The summed E-state index contributed by atoms with van der Waals surface area (Å²) in [4.78, 5) is 12.5. The Labute approximate surface area is 156 Å². The zero-order valence-corrected chi connectivity index (χ0v) is 16.1. The van der Waals surface area contributed by atoms with Crippen LogP contribution >= 0.6 is 15.9 Å². The van der Waals surface area contributed by atoms with Gasteiger partial charge in [-0.05, 0) is 42.3 Å². The largest absolute Gasteiger partial charge is 0.349 e. The van der Waals surface area contributed by atoms with Crippen LogP contribution in [0.25, 0.3) is 0 Å². The first-order valence-electron chi connectivity index (χ1n) is 8.07. The average molecular weight is 423 g/mol.